The van der Waals surface area contributed by atoms with E-state index in [1.807, 2.05) is 7.05 Å². The van der Waals surface area contributed by atoms with Crippen LogP contribution in [0.3, 0.4) is 0 Å². The van der Waals surface area contributed by atoms with Gasteiger partial charge >= 0.3 is 0 Å². The monoisotopic (exact) mass is 304 g/mol. The number of nitrogens with zero attached hydrogens (tertiary/aromatic N) is 2. The molecule has 124 valence electrons. The van der Waals surface area contributed by atoms with Crippen molar-refractivity contribution in [1.82, 2.24) is 15.5 Å². The zero-order valence-electron chi connectivity index (χ0n) is 14.7. The molecule has 0 amide bonds. The third-order valence-electron chi connectivity index (χ3n) is 3.50. The molecular weight excluding hydrogens is 272 g/mol. The van der Waals surface area contributed by atoms with Crippen LogP contribution in [-0.4, -0.2) is 38.5 Å². The molecule has 4 nitrogen and oxygen atoms in total. The maximum absolute atomic E-state index is 4.28. The topological polar surface area (TPSA) is 39.7 Å². The van der Waals surface area contributed by atoms with E-state index in [-0.39, 0.29) is 0 Å². The molecule has 0 aliphatic heterocycles. The van der Waals surface area contributed by atoms with Gasteiger partial charge in [0.25, 0.3) is 0 Å². The number of nitrogens with one attached hydrogen (secondary N) is 2. The highest BCUT2D eigenvalue weighted by Crippen LogP contribution is 2.06. The second-order valence-electron chi connectivity index (χ2n) is 5.97. The molecule has 0 aromatic heterocycles. The van der Waals surface area contributed by atoms with Gasteiger partial charge in [-0.3, -0.25) is 4.99 Å². The van der Waals surface area contributed by atoms with Gasteiger partial charge in [-0.1, -0.05) is 50.5 Å². The summed E-state index contributed by atoms with van der Waals surface area (Å²) in [6.07, 6.45) is 5.07. The number of hydrogen-bond donors (Lipinski definition) is 2. The highest BCUT2D eigenvalue weighted by atomic mass is 15.2. The summed E-state index contributed by atoms with van der Waals surface area (Å²) in [7, 11) is 6.01. The average molecular weight is 304 g/mol. The van der Waals surface area contributed by atoms with Crippen LogP contribution in [0.4, 0.5) is 0 Å². The quantitative estimate of drug-likeness (QED) is 0.418. The minimum atomic E-state index is 0.801. The minimum absolute atomic E-state index is 0.801. The van der Waals surface area contributed by atoms with Crippen molar-refractivity contribution in [3.63, 3.8) is 0 Å². The number of guanidine groups is 1. The Morgan fingerprint density at radius 3 is 2.55 bits per heavy atom. The molecule has 1 rings (SSSR count). The molecule has 0 heterocycles. The summed E-state index contributed by atoms with van der Waals surface area (Å²) in [5.41, 5.74) is 2.63. The van der Waals surface area contributed by atoms with Crippen LogP contribution in [0.1, 0.15) is 43.7 Å². The first-order valence-electron chi connectivity index (χ1n) is 8.32. The molecule has 4 heteroatoms. The lowest BCUT2D eigenvalue weighted by atomic mass is 10.1. The van der Waals surface area contributed by atoms with Crippen molar-refractivity contribution in [2.24, 2.45) is 4.99 Å². The third-order valence-corrected chi connectivity index (χ3v) is 3.50. The van der Waals surface area contributed by atoms with Gasteiger partial charge in [-0.25, -0.2) is 0 Å². The number of rotatable bonds is 9. The molecule has 0 unspecified atom stereocenters. The Hall–Kier alpha value is -1.55. The largest absolute Gasteiger partial charge is 0.356 e. The fourth-order valence-electron chi connectivity index (χ4n) is 2.37. The molecule has 0 bridgehead atoms. The SMILES string of the molecule is CCCCCCNC(=NC)NCc1cccc(CN(C)C)c1. The van der Waals surface area contributed by atoms with Gasteiger partial charge in [0, 0.05) is 26.7 Å². The van der Waals surface area contributed by atoms with E-state index in [4.69, 9.17) is 0 Å². The Bertz CT molecular complexity index is 440. The molecule has 22 heavy (non-hydrogen) atoms. The summed E-state index contributed by atoms with van der Waals surface area (Å²) in [6.45, 7) is 4.99. The Labute approximate surface area is 136 Å². The predicted octanol–water partition coefficient (Wildman–Crippen LogP) is 2.99. The summed E-state index contributed by atoms with van der Waals surface area (Å²) < 4.78 is 0. The van der Waals surface area contributed by atoms with Crippen molar-refractivity contribution in [3.05, 3.63) is 35.4 Å². The van der Waals surface area contributed by atoms with Gasteiger partial charge in [0.2, 0.25) is 0 Å². The Kier molecular flexibility index (Phi) is 9.31. The average Bonchev–Trinajstić information content (AvgIpc) is 2.50. The van der Waals surface area contributed by atoms with E-state index in [1.54, 1.807) is 0 Å². The molecule has 1 aromatic rings. The van der Waals surface area contributed by atoms with E-state index in [1.165, 1.54) is 36.8 Å². The van der Waals surface area contributed by atoms with Gasteiger partial charge in [-0.15, -0.1) is 0 Å². The lowest BCUT2D eigenvalue weighted by Gasteiger charge is -2.13. The normalized spacial score (nSPS) is 11.8. The van der Waals surface area contributed by atoms with Crippen LogP contribution in [0.2, 0.25) is 0 Å². The van der Waals surface area contributed by atoms with Gasteiger partial charge in [-0.05, 0) is 31.6 Å². The molecule has 0 radical (unpaired) electrons. The highest BCUT2D eigenvalue weighted by molar-refractivity contribution is 5.79. The zero-order valence-corrected chi connectivity index (χ0v) is 14.7. The fourth-order valence-corrected chi connectivity index (χ4v) is 2.37. The van der Waals surface area contributed by atoms with Crippen LogP contribution < -0.4 is 10.6 Å². The number of hydrogen-bond acceptors (Lipinski definition) is 2. The minimum Gasteiger partial charge on any atom is -0.356 e. The number of unbranched alkanes of at least 4 members (excludes halogenated alkanes) is 3. The Morgan fingerprint density at radius 2 is 1.86 bits per heavy atom. The molecule has 1 aromatic carbocycles. The summed E-state index contributed by atoms with van der Waals surface area (Å²) in [6, 6.07) is 8.70. The van der Waals surface area contributed by atoms with Crippen molar-refractivity contribution in [1.29, 1.82) is 0 Å². The van der Waals surface area contributed by atoms with Crippen LogP contribution >= 0.6 is 0 Å². The van der Waals surface area contributed by atoms with Crippen LogP contribution in [0.25, 0.3) is 0 Å². The van der Waals surface area contributed by atoms with Crippen molar-refractivity contribution < 1.29 is 0 Å². The Morgan fingerprint density at radius 1 is 1.09 bits per heavy atom. The smallest absolute Gasteiger partial charge is 0.191 e. The van der Waals surface area contributed by atoms with Gasteiger partial charge < -0.3 is 15.5 Å². The summed E-state index contributed by atoms with van der Waals surface area (Å²) in [4.78, 5) is 6.46. The van der Waals surface area contributed by atoms with E-state index >= 15 is 0 Å². The second kappa shape index (κ2) is 11.1. The first kappa shape index (κ1) is 18.5. The van der Waals surface area contributed by atoms with Crippen LogP contribution in [0, 0.1) is 0 Å². The van der Waals surface area contributed by atoms with Crippen LogP contribution in [0.5, 0.6) is 0 Å². The maximum Gasteiger partial charge on any atom is 0.191 e. The molecule has 2 N–H and O–H groups in total. The van der Waals surface area contributed by atoms with Crippen molar-refractivity contribution >= 4 is 5.96 Å². The molecular formula is C18H32N4. The standard InChI is InChI=1S/C18H32N4/c1-5-6-7-8-12-20-18(19-2)21-14-16-10-9-11-17(13-16)15-22(3)4/h9-11,13H,5-8,12,14-15H2,1-4H3,(H2,19,20,21). The third kappa shape index (κ3) is 8.03. The van der Waals surface area contributed by atoms with Gasteiger partial charge in [0.15, 0.2) is 5.96 Å². The lowest BCUT2D eigenvalue weighted by Crippen LogP contribution is -2.37. The van der Waals surface area contributed by atoms with Gasteiger partial charge in [-0.2, -0.15) is 0 Å². The molecule has 0 aliphatic carbocycles. The lowest BCUT2D eigenvalue weighted by molar-refractivity contribution is 0.402. The van der Waals surface area contributed by atoms with Crippen LogP contribution in [-0.2, 0) is 13.1 Å². The zero-order chi connectivity index (χ0) is 16.2. The molecule has 0 fully saturated rings. The predicted molar refractivity (Wildman–Crippen MR) is 96.2 cm³/mol. The first-order chi connectivity index (χ1) is 10.7. The summed E-state index contributed by atoms with van der Waals surface area (Å²) >= 11 is 0. The second-order valence-corrected chi connectivity index (χ2v) is 5.97. The molecule has 0 saturated heterocycles. The number of aliphatic imine (C=N–C) groups is 1. The van der Waals surface area contributed by atoms with Gasteiger partial charge in [0.05, 0.1) is 0 Å². The van der Waals surface area contributed by atoms with E-state index < -0.39 is 0 Å². The molecule has 0 aliphatic rings. The number of benzene rings is 1. The Balaban J connectivity index is 2.36. The summed E-state index contributed by atoms with van der Waals surface area (Å²) in [5, 5.41) is 6.76. The van der Waals surface area contributed by atoms with E-state index in [9.17, 15) is 0 Å². The van der Waals surface area contributed by atoms with Crippen LogP contribution in [0.15, 0.2) is 29.3 Å². The van der Waals surface area contributed by atoms with Crippen molar-refractivity contribution in [2.75, 3.05) is 27.7 Å². The van der Waals surface area contributed by atoms with E-state index in [2.05, 4.69) is 65.8 Å². The van der Waals surface area contributed by atoms with Crippen molar-refractivity contribution in [2.45, 2.75) is 45.7 Å². The summed E-state index contributed by atoms with van der Waals surface area (Å²) in [5.74, 6) is 0.884. The fraction of sp³-hybridized carbons (Fsp3) is 0.611. The maximum atomic E-state index is 4.28. The molecule has 0 spiro atoms. The molecule has 0 atom stereocenters. The van der Waals surface area contributed by atoms with Crippen molar-refractivity contribution in [3.8, 4) is 0 Å². The molecule has 0 saturated carbocycles. The van der Waals surface area contributed by atoms with E-state index in [0.29, 0.717) is 0 Å². The van der Waals surface area contributed by atoms with Gasteiger partial charge in [0.1, 0.15) is 0 Å². The highest BCUT2D eigenvalue weighted by Gasteiger charge is 2.00. The first-order valence-corrected chi connectivity index (χ1v) is 8.32. The van der Waals surface area contributed by atoms with E-state index in [0.717, 1.165) is 25.6 Å².